The van der Waals surface area contributed by atoms with E-state index in [1.54, 1.807) is 0 Å². The van der Waals surface area contributed by atoms with Gasteiger partial charge in [0.1, 0.15) is 17.5 Å². The zero-order valence-electron chi connectivity index (χ0n) is 20.0. The summed E-state index contributed by atoms with van der Waals surface area (Å²) in [7, 11) is 0. The molecule has 1 aromatic heterocycles. The van der Waals surface area contributed by atoms with Crippen LogP contribution in [-0.4, -0.2) is 50.6 Å². The molecule has 0 fully saturated rings. The molecule has 0 aliphatic rings. The molecule has 0 amide bonds. The minimum absolute atomic E-state index is 0.180. The van der Waals surface area contributed by atoms with E-state index in [0.717, 1.165) is 36.8 Å². The maximum Gasteiger partial charge on any atom is 0.234 e. The Labute approximate surface area is 181 Å². The lowest BCUT2D eigenvalue weighted by atomic mass is 10.3. The number of hydrogen-bond acceptors (Lipinski definition) is 6. The second-order valence-electron chi connectivity index (χ2n) is 7.75. The summed E-state index contributed by atoms with van der Waals surface area (Å²) in [5.41, 5.74) is 0. The van der Waals surface area contributed by atoms with Crippen LogP contribution in [0.25, 0.3) is 0 Å². The van der Waals surface area contributed by atoms with E-state index in [1.165, 1.54) is 0 Å². The van der Waals surface area contributed by atoms with Crippen molar-refractivity contribution in [2.24, 2.45) is 15.0 Å². The maximum atomic E-state index is 4.60. The fourth-order valence-corrected chi connectivity index (χ4v) is 2.50. The van der Waals surface area contributed by atoms with Crippen molar-refractivity contribution >= 4 is 35.4 Å². The van der Waals surface area contributed by atoms with Crippen LogP contribution in [-0.2, 0) is 0 Å². The Morgan fingerprint density at radius 2 is 0.800 bits per heavy atom. The van der Waals surface area contributed by atoms with Gasteiger partial charge in [-0.2, -0.15) is 15.0 Å². The first kappa shape index (κ1) is 25.5. The zero-order chi connectivity index (χ0) is 22.7. The van der Waals surface area contributed by atoms with Crippen LogP contribution in [0.1, 0.15) is 81.6 Å². The molecule has 1 heterocycles. The smallest absolute Gasteiger partial charge is 0.234 e. The third kappa shape index (κ3) is 9.76. The summed E-state index contributed by atoms with van der Waals surface area (Å²) in [4.78, 5) is 27.4. The quantitative estimate of drug-likeness (QED) is 0.394. The van der Waals surface area contributed by atoms with Crippen LogP contribution in [0, 0.1) is 0 Å². The first-order valence-corrected chi connectivity index (χ1v) is 10.9. The molecular weight excluding hydrogens is 378 g/mol. The predicted molar refractivity (Wildman–Crippen MR) is 129 cm³/mol. The number of nitrogens with one attached hydrogen (secondary N) is 3. The Morgan fingerprint density at radius 1 is 0.567 bits per heavy atom. The van der Waals surface area contributed by atoms with E-state index in [4.69, 9.17) is 0 Å². The first-order chi connectivity index (χ1) is 14.2. The highest BCUT2D eigenvalue weighted by molar-refractivity contribution is 5.97. The van der Waals surface area contributed by atoms with Gasteiger partial charge in [0.25, 0.3) is 0 Å². The summed E-state index contributed by atoms with van der Waals surface area (Å²) in [6.07, 6.45) is 2.25. The van der Waals surface area contributed by atoms with Crippen molar-refractivity contribution in [1.29, 1.82) is 0 Å². The lowest BCUT2D eigenvalue weighted by molar-refractivity contribution is 0.828. The van der Waals surface area contributed by atoms with Gasteiger partial charge in [0.2, 0.25) is 17.8 Å². The van der Waals surface area contributed by atoms with Crippen molar-refractivity contribution in [3.05, 3.63) is 0 Å². The molecule has 30 heavy (non-hydrogen) atoms. The molecule has 0 saturated heterocycles. The molecule has 0 spiro atoms. The average Bonchev–Trinajstić information content (AvgIpc) is 2.65. The van der Waals surface area contributed by atoms with Crippen LogP contribution < -0.4 is 16.0 Å². The van der Waals surface area contributed by atoms with E-state index in [0.29, 0.717) is 17.8 Å². The second-order valence-corrected chi connectivity index (χ2v) is 7.75. The number of hydrogen-bond donors (Lipinski definition) is 3. The highest BCUT2D eigenvalue weighted by Crippen LogP contribution is 2.12. The van der Waals surface area contributed by atoms with E-state index in [9.17, 15) is 0 Å². The highest BCUT2D eigenvalue weighted by atomic mass is 15.3. The van der Waals surface area contributed by atoms with Crippen LogP contribution in [0.5, 0.6) is 0 Å². The normalized spacial score (nSPS) is 13.4. The molecule has 3 N–H and O–H groups in total. The van der Waals surface area contributed by atoms with Crippen molar-refractivity contribution in [2.75, 3.05) is 16.0 Å². The summed E-state index contributed by atoms with van der Waals surface area (Å²) in [5.74, 6) is 3.76. The van der Waals surface area contributed by atoms with Gasteiger partial charge in [0, 0.05) is 37.4 Å². The predicted octanol–water partition coefficient (Wildman–Crippen LogP) is 4.76. The third-order valence-electron chi connectivity index (χ3n) is 3.65. The Hall–Kier alpha value is -2.58. The van der Waals surface area contributed by atoms with Crippen LogP contribution in [0.2, 0.25) is 0 Å². The van der Waals surface area contributed by atoms with Crippen molar-refractivity contribution in [2.45, 2.75) is 99.7 Å². The average molecular weight is 418 g/mol. The Balaban J connectivity index is 3.32. The fraction of sp³-hybridized carbons (Fsp3) is 0.714. The molecule has 0 aliphatic carbocycles. The van der Waals surface area contributed by atoms with Gasteiger partial charge < -0.3 is 16.0 Å². The maximum absolute atomic E-state index is 4.60. The van der Waals surface area contributed by atoms with Gasteiger partial charge in [0.15, 0.2) is 0 Å². The van der Waals surface area contributed by atoms with Gasteiger partial charge in [-0.05, 0) is 41.5 Å². The number of aliphatic imine (C=N–C) groups is 3. The molecule has 0 aromatic carbocycles. The zero-order valence-corrected chi connectivity index (χ0v) is 20.0. The lowest BCUT2D eigenvalue weighted by Crippen LogP contribution is -2.22. The van der Waals surface area contributed by atoms with E-state index in [-0.39, 0.29) is 18.1 Å². The number of rotatable bonds is 9. The van der Waals surface area contributed by atoms with Gasteiger partial charge in [-0.25, -0.2) is 0 Å². The molecule has 0 atom stereocenters. The summed E-state index contributed by atoms with van der Waals surface area (Å²) in [6, 6.07) is 0.539. The highest BCUT2D eigenvalue weighted by Gasteiger charge is 2.12. The van der Waals surface area contributed by atoms with Crippen LogP contribution >= 0.6 is 0 Å². The monoisotopic (exact) mass is 417 g/mol. The minimum atomic E-state index is 0.180. The summed E-state index contributed by atoms with van der Waals surface area (Å²) in [6.45, 7) is 18.4. The second kappa shape index (κ2) is 12.9. The van der Waals surface area contributed by atoms with Gasteiger partial charge in [-0.1, -0.05) is 20.8 Å². The molecule has 168 valence electrons. The Morgan fingerprint density at radius 3 is 0.967 bits per heavy atom. The van der Waals surface area contributed by atoms with E-state index in [1.807, 2.05) is 62.3 Å². The largest absolute Gasteiger partial charge is 0.312 e. The molecule has 1 aromatic rings. The van der Waals surface area contributed by atoms with Gasteiger partial charge in [0.05, 0.1) is 0 Å². The molecular formula is C21H39N9. The summed E-state index contributed by atoms with van der Waals surface area (Å²) < 4.78 is 0. The molecule has 0 bridgehead atoms. The summed E-state index contributed by atoms with van der Waals surface area (Å²) in [5, 5.41) is 9.70. The first-order valence-electron chi connectivity index (χ1n) is 10.9. The number of anilines is 3. The number of nitrogens with zero attached hydrogens (tertiary/aromatic N) is 6. The van der Waals surface area contributed by atoms with Crippen LogP contribution in [0.15, 0.2) is 15.0 Å². The van der Waals surface area contributed by atoms with E-state index in [2.05, 4.69) is 45.9 Å². The van der Waals surface area contributed by atoms with Crippen molar-refractivity contribution in [3.63, 3.8) is 0 Å². The van der Waals surface area contributed by atoms with Gasteiger partial charge in [-0.3, -0.25) is 15.0 Å². The van der Waals surface area contributed by atoms with Crippen molar-refractivity contribution in [3.8, 4) is 0 Å². The number of amidine groups is 3. The molecule has 9 nitrogen and oxygen atoms in total. The standard InChI is InChI=1S/C21H39N9/c1-10-16(22-13(4)5)25-19-28-20(26-17(11-2)23-14(6)7)30-21(29-19)27-18(12-3)24-15(8)9/h13-15H,10-12H2,1-9H3,(H3,22,23,24,25,26,27,28,29,30). The molecule has 0 aliphatic heterocycles. The Bertz CT molecular complexity index is 637. The Kier molecular flexibility index (Phi) is 10.9. The van der Waals surface area contributed by atoms with E-state index < -0.39 is 0 Å². The molecule has 1 rings (SSSR count). The van der Waals surface area contributed by atoms with Crippen LogP contribution in [0.4, 0.5) is 17.8 Å². The topological polar surface area (TPSA) is 112 Å². The molecule has 0 unspecified atom stereocenters. The molecule has 9 heteroatoms. The van der Waals surface area contributed by atoms with Crippen molar-refractivity contribution < 1.29 is 0 Å². The van der Waals surface area contributed by atoms with Crippen LogP contribution in [0.3, 0.4) is 0 Å². The molecule has 0 saturated carbocycles. The SMILES string of the molecule is CCC(=NC(C)C)Nc1nc(NC(CC)=NC(C)C)nc(NC(CC)=NC(C)C)n1. The fourth-order valence-electron chi connectivity index (χ4n) is 2.50. The van der Waals surface area contributed by atoms with Crippen molar-refractivity contribution in [1.82, 2.24) is 15.0 Å². The summed E-state index contributed by atoms with van der Waals surface area (Å²) >= 11 is 0. The van der Waals surface area contributed by atoms with E-state index >= 15 is 0 Å². The lowest BCUT2D eigenvalue weighted by Gasteiger charge is -2.14. The van der Waals surface area contributed by atoms with Gasteiger partial charge >= 0.3 is 0 Å². The van der Waals surface area contributed by atoms with Gasteiger partial charge in [-0.15, -0.1) is 0 Å². The number of aromatic nitrogens is 3. The third-order valence-corrected chi connectivity index (χ3v) is 3.65. The molecule has 0 radical (unpaired) electrons. The minimum Gasteiger partial charge on any atom is -0.312 e.